The first kappa shape index (κ1) is 17.6. The van der Waals surface area contributed by atoms with E-state index in [-0.39, 0.29) is 6.42 Å². The van der Waals surface area contributed by atoms with Gasteiger partial charge in [-0.15, -0.1) is 0 Å². The average molecular weight is 349 g/mol. The number of hydrogen-bond donors (Lipinski definition) is 2. The van der Waals surface area contributed by atoms with E-state index in [0.717, 1.165) is 0 Å². The molecule has 6 nitrogen and oxygen atoms in total. The third-order valence-corrected chi connectivity index (χ3v) is 3.47. The van der Waals surface area contributed by atoms with Gasteiger partial charge in [0.05, 0.1) is 24.9 Å². The Morgan fingerprint density at radius 1 is 0.958 bits per heavy atom. The van der Waals surface area contributed by atoms with Gasteiger partial charge in [0.2, 0.25) is 11.8 Å². The van der Waals surface area contributed by atoms with Crippen LogP contribution in [0.4, 0.5) is 11.4 Å². The van der Waals surface area contributed by atoms with E-state index in [1.807, 2.05) is 0 Å². The molecular weight excluding hydrogens is 332 g/mol. The van der Waals surface area contributed by atoms with E-state index in [9.17, 15) is 9.59 Å². The zero-order valence-electron chi connectivity index (χ0n) is 13.3. The molecule has 2 rings (SSSR count). The number of hydrogen-bond acceptors (Lipinski definition) is 4. The Balaban J connectivity index is 1.95. The molecule has 7 heteroatoms. The number of halogens is 1. The quantitative estimate of drug-likeness (QED) is 0.785. The van der Waals surface area contributed by atoms with Gasteiger partial charge in [-0.05, 0) is 24.3 Å². The van der Waals surface area contributed by atoms with Crippen LogP contribution in [0, 0.1) is 0 Å². The maximum atomic E-state index is 12.0. The molecule has 0 saturated heterocycles. The predicted molar refractivity (Wildman–Crippen MR) is 92.9 cm³/mol. The highest BCUT2D eigenvalue weighted by atomic mass is 35.5. The van der Waals surface area contributed by atoms with Crippen molar-refractivity contribution in [3.63, 3.8) is 0 Å². The molecule has 2 amide bonds. The van der Waals surface area contributed by atoms with Gasteiger partial charge in [0.25, 0.3) is 0 Å². The van der Waals surface area contributed by atoms with Gasteiger partial charge in [-0.2, -0.15) is 0 Å². The minimum absolute atomic E-state index is 0.334. The number of nitrogens with one attached hydrogen (secondary N) is 2. The minimum Gasteiger partial charge on any atom is -0.493 e. The average Bonchev–Trinajstić information content (AvgIpc) is 2.56. The van der Waals surface area contributed by atoms with Crippen LogP contribution in [0.25, 0.3) is 0 Å². The molecule has 0 saturated carbocycles. The number of methoxy groups -OCH3 is 2. The number of amides is 2. The van der Waals surface area contributed by atoms with E-state index in [1.54, 1.807) is 42.5 Å². The summed E-state index contributed by atoms with van der Waals surface area (Å²) in [5.74, 6) is 0.121. The van der Waals surface area contributed by atoms with E-state index in [0.29, 0.717) is 27.9 Å². The first-order chi connectivity index (χ1) is 11.5. The van der Waals surface area contributed by atoms with Gasteiger partial charge < -0.3 is 20.1 Å². The normalized spacial score (nSPS) is 9.96. The van der Waals surface area contributed by atoms with Crippen LogP contribution in [-0.2, 0) is 9.59 Å². The minimum atomic E-state index is -0.457. The summed E-state index contributed by atoms with van der Waals surface area (Å²) in [6.07, 6.45) is -0.334. The van der Waals surface area contributed by atoms with Crippen molar-refractivity contribution in [1.82, 2.24) is 0 Å². The smallest absolute Gasteiger partial charge is 0.233 e. The Kier molecular flexibility index (Phi) is 6.03. The number of rotatable bonds is 6. The summed E-state index contributed by atoms with van der Waals surface area (Å²) in [4.78, 5) is 23.9. The number of anilines is 2. The lowest BCUT2D eigenvalue weighted by atomic mass is 10.2. The fourth-order valence-corrected chi connectivity index (χ4v) is 2.20. The maximum absolute atomic E-state index is 12.0. The summed E-state index contributed by atoms with van der Waals surface area (Å²) in [6.45, 7) is 0. The SMILES string of the molecule is COc1ccc(NC(=O)CC(=O)Nc2ccccc2Cl)cc1OC. The number of ether oxygens (including phenoxy) is 2. The predicted octanol–water partition coefficient (Wildman–Crippen LogP) is 3.32. The zero-order valence-corrected chi connectivity index (χ0v) is 14.0. The molecule has 2 N–H and O–H groups in total. The molecular formula is C17H17ClN2O4. The molecule has 0 fully saturated rings. The molecule has 0 aliphatic heterocycles. The second-order valence-electron chi connectivity index (χ2n) is 4.82. The molecule has 0 atom stereocenters. The van der Waals surface area contributed by atoms with Gasteiger partial charge >= 0.3 is 0 Å². The second-order valence-corrected chi connectivity index (χ2v) is 5.23. The Labute approximate surface area is 144 Å². The van der Waals surface area contributed by atoms with Crippen LogP contribution in [0.2, 0.25) is 5.02 Å². The summed E-state index contributed by atoms with van der Waals surface area (Å²) in [5.41, 5.74) is 0.964. The fourth-order valence-electron chi connectivity index (χ4n) is 2.02. The van der Waals surface area contributed by atoms with Crippen molar-refractivity contribution < 1.29 is 19.1 Å². The van der Waals surface area contributed by atoms with Crippen molar-refractivity contribution in [3.8, 4) is 11.5 Å². The molecule has 2 aromatic rings. The standard InChI is InChI=1S/C17H17ClN2O4/c1-23-14-8-7-11(9-15(14)24-2)19-16(21)10-17(22)20-13-6-4-3-5-12(13)18/h3-9H,10H2,1-2H3,(H,19,21)(H,20,22). The van der Waals surface area contributed by atoms with Crippen LogP contribution in [0.15, 0.2) is 42.5 Å². The van der Waals surface area contributed by atoms with Crippen molar-refractivity contribution in [2.75, 3.05) is 24.9 Å². The number of benzene rings is 2. The van der Waals surface area contributed by atoms with Gasteiger partial charge in [-0.1, -0.05) is 23.7 Å². The van der Waals surface area contributed by atoms with E-state index >= 15 is 0 Å². The highest BCUT2D eigenvalue weighted by molar-refractivity contribution is 6.33. The number of carbonyl (C=O) groups is 2. The Bertz CT molecular complexity index is 749. The molecule has 24 heavy (non-hydrogen) atoms. The topological polar surface area (TPSA) is 76.7 Å². The summed E-state index contributed by atoms with van der Waals surface area (Å²) in [7, 11) is 3.02. The van der Waals surface area contributed by atoms with Crippen LogP contribution < -0.4 is 20.1 Å². The summed E-state index contributed by atoms with van der Waals surface area (Å²) >= 11 is 5.96. The molecule has 0 spiro atoms. The van der Waals surface area contributed by atoms with E-state index in [1.165, 1.54) is 14.2 Å². The van der Waals surface area contributed by atoms with Crippen molar-refractivity contribution in [3.05, 3.63) is 47.5 Å². The van der Waals surface area contributed by atoms with E-state index in [4.69, 9.17) is 21.1 Å². The maximum Gasteiger partial charge on any atom is 0.233 e. The van der Waals surface area contributed by atoms with Crippen molar-refractivity contribution in [1.29, 1.82) is 0 Å². The molecule has 126 valence electrons. The van der Waals surface area contributed by atoms with Crippen LogP contribution in [-0.4, -0.2) is 26.0 Å². The molecule has 0 aromatic heterocycles. The van der Waals surface area contributed by atoms with Crippen molar-refractivity contribution in [2.24, 2.45) is 0 Å². The van der Waals surface area contributed by atoms with Crippen LogP contribution >= 0.6 is 11.6 Å². The Hall–Kier alpha value is -2.73. The Morgan fingerprint density at radius 3 is 2.29 bits per heavy atom. The summed E-state index contributed by atoms with van der Waals surface area (Å²) in [5, 5.41) is 5.63. The largest absolute Gasteiger partial charge is 0.493 e. The highest BCUT2D eigenvalue weighted by Gasteiger charge is 2.12. The van der Waals surface area contributed by atoms with E-state index < -0.39 is 11.8 Å². The molecule has 0 heterocycles. The molecule has 0 radical (unpaired) electrons. The fraction of sp³-hybridized carbons (Fsp3) is 0.176. The lowest BCUT2D eigenvalue weighted by molar-refractivity contribution is -0.123. The molecule has 0 bridgehead atoms. The Morgan fingerprint density at radius 2 is 1.62 bits per heavy atom. The number of carbonyl (C=O) groups excluding carboxylic acids is 2. The second kappa shape index (κ2) is 8.21. The molecule has 0 aliphatic rings. The third-order valence-electron chi connectivity index (χ3n) is 3.14. The van der Waals surface area contributed by atoms with Gasteiger partial charge in [-0.3, -0.25) is 9.59 Å². The monoisotopic (exact) mass is 348 g/mol. The van der Waals surface area contributed by atoms with Crippen LogP contribution in [0.1, 0.15) is 6.42 Å². The highest BCUT2D eigenvalue weighted by Crippen LogP contribution is 2.29. The van der Waals surface area contributed by atoms with Crippen molar-refractivity contribution in [2.45, 2.75) is 6.42 Å². The molecule has 0 aliphatic carbocycles. The lowest BCUT2D eigenvalue weighted by Gasteiger charge is -2.11. The van der Waals surface area contributed by atoms with Crippen molar-refractivity contribution >= 4 is 34.8 Å². The van der Waals surface area contributed by atoms with E-state index in [2.05, 4.69) is 10.6 Å². The van der Waals surface area contributed by atoms with Crippen LogP contribution in [0.5, 0.6) is 11.5 Å². The molecule has 2 aromatic carbocycles. The van der Waals surface area contributed by atoms with Crippen LogP contribution in [0.3, 0.4) is 0 Å². The molecule has 0 unspecified atom stereocenters. The first-order valence-corrected chi connectivity index (χ1v) is 7.47. The third kappa shape index (κ3) is 4.63. The van der Waals surface area contributed by atoms with Gasteiger partial charge in [0.1, 0.15) is 6.42 Å². The van der Waals surface area contributed by atoms with Gasteiger partial charge in [0.15, 0.2) is 11.5 Å². The lowest BCUT2D eigenvalue weighted by Crippen LogP contribution is -2.21. The summed E-state index contributed by atoms with van der Waals surface area (Å²) < 4.78 is 10.3. The zero-order chi connectivity index (χ0) is 17.5. The van der Waals surface area contributed by atoms with Gasteiger partial charge in [-0.25, -0.2) is 0 Å². The number of para-hydroxylation sites is 1. The first-order valence-electron chi connectivity index (χ1n) is 7.09. The summed E-state index contributed by atoms with van der Waals surface area (Å²) in [6, 6.07) is 11.7. The van der Waals surface area contributed by atoms with Gasteiger partial charge in [0, 0.05) is 11.8 Å².